The Labute approximate surface area is 149 Å². The van der Waals surface area contributed by atoms with Gasteiger partial charge in [-0.25, -0.2) is 0 Å². The van der Waals surface area contributed by atoms with Gasteiger partial charge in [-0.05, 0) is 45.2 Å². The highest BCUT2D eigenvalue weighted by Crippen LogP contribution is 2.29. The van der Waals surface area contributed by atoms with Crippen molar-refractivity contribution in [1.29, 1.82) is 5.26 Å². The van der Waals surface area contributed by atoms with Crippen LogP contribution in [-0.4, -0.2) is 37.1 Å². The van der Waals surface area contributed by atoms with Crippen LogP contribution in [-0.2, 0) is 4.79 Å². The van der Waals surface area contributed by atoms with Crippen LogP contribution in [0.25, 0.3) is 0 Å². The van der Waals surface area contributed by atoms with E-state index in [0.717, 1.165) is 12.8 Å². The van der Waals surface area contributed by atoms with Crippen LogP contribution in [0.5, 0.6) is 11.5 Å². The van der Waals surface area contributed by atoms with Gasteiger partial charge in [-0.2, -0.15) is 5.26 Å². The molecule has 0 aliphatic carbocycles. The fourth-order valence-electron chi connectivity index (χ4n) is 3.08. The Balaban J connectivity index is 2.23. The maximum atomic E-state index is 12.6. The molecule has 0 spiro atoms. The Morgan fingerprint density at radius 3 is 2.52 bits per heavy atom. The van der Waals surface area contributed by atoms with Gasteiger partial charge in [0.2, 0.25) is 0 Å². The fraction of sp³-hybridized carbons (Fsp3) is 0.474. The van der Waals surface area contributed by atoms with Gasteiger partial charge in [0.15, 0.2) is 0 Å². The van der Waals surface area contributed by atoms with Crippen molar-refractivity contribution in [2.75, 3.05) is 19.5 Å². The van der Waals surface area contributed by atoms with E-state index in [4.69, 9.17) is 9.47 Å². The summed E-state index contributed by atoms with van der Waals surface area (Å²) in [4.78, 5) is 14.7. The molecule has 1 aliphatic rings. The van der Waals surface area contributed by atoms with E-state index in [0.29, 0.717) is 29.3 Å². The first-order chi connectivity index (χ1) is 12.0. The van der Waals surface area contributed by atoms with Gasteiger partial charge in [-0.1, -0.05) is 0 Å². The summed E-state index contributed by atoms with van der Waals surface area (Å²) in [6, 6.07) is 7.75. The summed E-state index contributed by atoms with van der Waals surface area (Å²) in [5, 5.41) is 12.2. The lowest BCUT2D eigenvalue weighted by Gasteiger charge is -2.38. The molecule has 1 amide bonds. The first-order valence-electron chi connectivity index (χ1n) is 8.42. The molecule has 2 rings (SSSR count). The number of hydrogen-bond donors (Lipinski definition) is 1. The van der Waals surface area contributed by atoms with Crippen LogP contribution in [0.1, 0.15) is 33.1 Å². The summed E-state index contributed by atoms with van der Waals surface area (Å²) in [6.07, 6.45) is 4.97. The minimum atomic E-state index is -0.459. The van der Waals surface area contributed by atoms with E-state index in [-0.39, 0.29) is 5.57 Å². The highest BCUT2D eigenvalue weighted by molar-refractivity contribution is 6.07. The molecule has 0 saturated carbocycles. The van der Waals surface area contributed by atoms with E-state index in [1.165, 1.54) is 13.5 Å². The molecular weight excluding hydrogens is 318 g/mol. The molecule has 2 unspecified atom stereocenters. The summed E-state index contributed by atoms with van der Waals surface area (Å²) >= 11 is 0. The molecule has 0 bridgehead atoms. The summed E-state index contributed by atoms with van der Waals surface area (Å²) in [5.74, 6) is 0.641. The summed E-state index contributed by atoms with van der Waals surface area (Å²) < 4.78 is 10.4. The second-order valence-electron chi connectivity index (χ2n) is 6.25. The number of likely N-dealkylation sites (tertiary alicyclic amines) is 1. The normalized spacial score (nSPS) is 20.6. The largest absolute Gasteiger partial charge is 0.497 e. The zero-order valence-electron chi connectivity index (χ0n) is 15.2. The fourth-order valence-corrected chi connectivity index (χ4v) is 3.08. The molecule has 25 heavy (non-hydrogen) atoms. The molecule has 2 atom stereocenters. The van der Waals surface area contributed by atoms with Crippen LogP contribution in [0.15, 0.2) is 30.0 Å². The minimum absolute atomic E-state index is 0.0745. The van der Waals surface area contributed by atoms with Gasteiger partial charge in [0.05, 0.1) is 19.9 Å². The van der Waals surface area contributed by atoms with E-state index in [1.54, 1.807) is 31.5 Å². The third kappa shape index (κ3) is 4.44. The SMILES string of the molecule is COc1ccc(OC)c(NC(=O)/C(C#N)=C\N2C(C)CCCC2C)c1. The first-order valence-corrected chi connectivity index (χ1v) is 8.42. The molecule has 6 nitrogen and oxygen atoms in total. The number of nitrogens with zero attached hydrogens (tertiary/aromatic N) is 2. The van der Waals surface area contributed by atoms with Crippen molar-refractivity contribution in [3.8, 4) is 17.6 Å². The number of amides is 1. The minimum Gasteiger partial charge on any atom is -0.497 e. The molecule has 1 heterocycles. The number of benzene rings is 1. The van der Waals surface area contributed by atoms with Crippen LogP contribution in [0, 0.1) is 11.3 Å². The number of hydrogen-bond acceptors (Lipinski definition) is 5. The van der Waals surface area contributed by atoms with Gasteiger partial charge in [0.25, 0.3) is 5.91 Å². The second kappa shape index (κ2) is 8.43. The van der Waals surface area contributed by atoms with Crippen molar-refractivity contribution in [3.63, 3.8) is 0 Å². The molecular formula is C19H25N3O3. The molecule has 134 valence electrons. The molecule has 6 heteroatoms. The van der Waals surface area contributed by atoms with Gasteiger partial charge in [0.1, 0.15) is 23.1 Å². The zero-order valence-corrected chi connectivity index (χ0v) is 15.2. The maximum Gasteiger partial charge on any atom is 0.267 e. The molecule has 1 aromatic rings. The number of piperidine rings is 1. The number of ether oxygens (including phenoxy) is 2. The predicted molar refractivity (Wildman–Crippen MR) is 96.5 cm³/mol. The molecule has 1 aliphatic heterocycles. The number of carbonyl (C=O) groups excluding carboxylic acids is 1. The van der Waals surface area contributed by atoms with E-state index < -0.39 is 5.91 Å². The van der Waals surface area contributed by atoms with Gasteiger partial charge in [-0.3, -0.25) is 4.79 Å². The molecule has 0 radical (unpaired) electrons. The predicted octanol–water partition coefficient (Wildman–Crippen LogP) is 3.31. The highest BCUT2D eigenvalue weighted by atomic mass is 16.5. The molecule has 1 saturated heterocycles. The third-order valence-corrected chi connectivity index (χ3v) is 4.56. The average molecular weight is 343 g/mol. The van der Waals surface area contributed by atoms with E-state index in [2.05, 4.69) is 24.1 Å². The number of nitriles is 1. The number of methoxy groups -OCH3 is 2. The first kappa shape index (κ1) is 18.7. The van der Waals surface area contributed by atoms with Crippen molar-refractivity contribution in [1.82, 2.24) is 4.90 Å². The Morgan fingerprint density at radius 1 is 1.28 bits per heavy atom. The van der Waals surface area contributed by atoms with Crippen molar-refractivity contribution in [2.45, 2.75) is 45.2 Å². The van der Waals surface area contributed by atoms with Crippen LogP contribution in [0.2, 0.25) is 0 Å². The van der Waals surface area contributed by atoms with Crippen molar-refractivity contribution in [2.24, 2.45) is 0 Å². The van der Waals surface area contributed by atoms with Gasteiger partial charge in [0, 0.05) is 24.4 Å². The molecule has 0 aromatic heterocycles. The number of carbonyl (C=O) groups is 1. The van der Waals surface area contributed by atoms with Crippen LogP contribution >= 0.6 is 0 Å². The average Bonchev–Trinajstić information content (AvgIpc) is 2.61. The van der Waals surface area contributed by atoms with Gasteiger partial charge < -0.3 is 19.7 Å². The summed E-state index contributed by atoms with van der Waals surface area (Å²) in [7, 11) is 3.07. The zero-order chi connectivity index (χ0) is 18.4. The monoisotopic (exact) mass is 343 g/mol. The standard InChI is InChI=1S/C19H25N3O3/c1-13-6-5-7-14(2)22(13)12-15(11-20)19(23)21-17-10-16(24-3)8-9-18(17)25-4/h8-10,12-14H,5-7H2,1-4H3,(H,21,23)/b15-12-. The van der Waals surface area contributed by atoms with Gasteiger partial charge >= 0.3 is 0 Å². The van der Waals surface area contributed by atoms with Crippen molar-refractivity contribution < 1.29 is 14.3 Å². The van der Waals surface area contributed by atoms with Gasteiger partial charge in [-0.15, -0.1) is 0 Å². The molecule has 1 aromatic carbocycles. The number of anilines is 1. The number of rotatable bonds is 5. The third-order valence-electron chi connectivity index (χ3n) is 4.56. The van der Waals surface area contributed by atoms with Crippen molar-refractivity contribution >= 4 is 11.6 Å². The molecule has 1 N–H and O–H groups in total. The van der Waals surface area contributed by atoms with Crippen molar-refractivity contribution in [3.05, 3.63) is 30.0 Å². The van der Waals surface area contributed by atoms with Crippen LogP contribution in [0.4, 0.5) is 5.69 Å². The topological polar surface area (TPSA) is 74.6 Å². The van der Waals surface area contributed by atoms with E-state index in [9.17, 15) is 10.1 Å². The smallest absolute Gasteiger partial charge is 0.267 e. The number of nitrogens with one attached hydrogen (secondary N) is 1. The van der Waals surface area contributed by atoms with Crippen LogP contribution < -0.4 is 14.8 Å². The quantitative estimate of drug-likeness (QED) is 0.656. The summed E-state index contributed by atoms with van der Waals surface area (Å²) in [6.45, 7) is 4.23. The Hall–Kier alpha value is -2.68. The highest BCUT2D eigenvalue weighted by Gasteiger charge is 2.24. The summed E-state index contributed by atoms with van der Waals surface area (Å²) in [5.41, 5.74) is 0.540. The lowest BCUT2D eigenvalue weighted by atomic mass is 9.98. The van der Waals surface area contributed by atoms with E-state index >= 15 is 0 Å². The Morgan fingerprint density at radius 2 is 1.96 bits per heavy atom. The molecule has 1 fully saturated rings. The Kier molecular flexibility index (Phi) is 6.29. The lowest BCUT2D eigenvalue weighted by molar-refractivity contribution is -0.112. The maximum absolute atomic E-state index is 12.6. The Bertz CT molecular complexity index is 684. The lowest BCUT2D eigenvalue weighted by Crippen LogP contribution is -2.40. The van der Waals surface area contributed by atoms with Crippen LogP contribution in [0.3, 0.4) is 0 Å². The second-order valence-corrected chi connectivity index (χ2v) is 6.25. The van der Waals surface area contributed by atoms with E-state index in [1.807, 2.05) is 6.07 Å².